The molecule has 2 rings (SSSR count). The number of hydrogen-bond acceptors (Lipinski definition) is 4. The molecule has 0 saturated heterocycles. The van der Waals surface area contributed by atoms with Crippen LogP contribution in [0.15, 0.2) is 42.5 Å². The first-order chi connectivity index (χ1) is 13.4. The average molecular weight is 424 g/mol. The van der Waals surface area contributed by atoms with Gasteiger partial charge < -0.3 is 10.1 Å². The van der Waals surface area contributed by atoms with Crippen LogP contribution in [-0.4, -0.2) is 24.3 Å². The van der Waals surface area contributed by atoms with E-state index in [1.165, 1.54) is 18.2 Å². The van der Waals surface area contributed by atoms with Gasteiger partial charge in [-0.1, -0.05) is 23.2 Å². The van der Waals surface area contributed by atoms with E-state index in [-0.39, 0.29) is 29.3 Å². The van der Waals surface area contributed by atoms with Crippen molar-refractivity contribution >= 4 is 46.6 Å². The standard InChI is InChI=1S/C19H19Cl2N3O4/c1-2-28-14-6-4-13(5-7-14)22-17(25)9-10-18(26)23-24-19(27)15-8-3-12(20)11-16(15)21/h3-8,11H,2,9-10H2,1H3,(H,22,25)(H,23,26)(H,24,27). The minimum atomic E-state index is -0.589. The van der Waals surface area contributed by atoms with Crippen molar-refractivity contribution in [3.05, 3.63) is 58.1 Å². The number of nitrogens with one attached hydrogen (secondary N) is 3. The van der Waals surface area contributed by atoms with Gasteiger partial charge in [0.15, 0.2) is 0 Å². The molecule has 0 fully saturated rings. The van der Waals surface area contributed by atoms with Crippen LogP contribution in [0.25, 0.3) is 0 Å². The van der Waals surface area contributed by atoms with E-state index in [1.807, 2.05) is 6.92 Å². The number of ether oxygens (including phenoxy) is 1. The lowest BCUT2D eigenvalue weighted by Crippen LogP contribution is -2.41. The quantitative estimate of drug-likeness (QED) is 0.592. The lowest BCUT2D eigenvalue weighted by atomic mass is 10.2. The first-order valence-electron chi connectivity index (χ1n) is 8.46. The Hall–Kier alpha value is -2.77. The zero-order chi connectivity index (χ0) is 20.5. The summed E-state index contributed by atoms with van der Waals surface area (Å²) in [7, 11) is 0. The summed E-state index contributed by atoms with van der Waals surface area (Å²) in [6, 6.07) is 11.3. The smallest absolute Gasteiger partial charge is 0.271 e. The van der Waals surface area contributed by atoms with Crippen molar-refractivity contribution in [2.75, 3.05) is 11.9 Å². The number of benzene rings is 2. The fraction of sp³-hybridized carbons (Fsp3) is 0.211. The molecule has 148 valence electrons. The van der Waals surface area contributed by atoms with Crippen molar-refractivity contribution in [2.45, 2.75) is 19.8 Å². The summed E-state index contributed by atoms with van der Waals surface area (Å²) in [4.78, 5) is 35.7. The minimum absolute atomic E-state index is 0.0450. The van der Waals surface area contributed by atoms with Gasteiger partial charge in [0.25, 0.3) is 5.91 Å². The normalized spacial score (nSPS) is 10.1. The number of halogens is 2. The Morgan fingerprint density at radius 1 is 0.929 bits per heavy atom. The maximum Gasteiger partial charge on any atom is 0.271 e. The third kappa shape index (κ3) is 6.75. The van der Waals surface area contributed by atoms with Gasteiger partial charge in [-0.25, -0.2) is 0 Å². The zero-order valence-electron chi connectivity index (χ0n) is 15.1. The van der Waals surface area contributed by atoms with Crippen LogP contribution in [0, 0.1) is 0 Å². The van der Waals surface area contributed by atoms with Gasteiger partial charge in [0.1, 0.15) is 5.75 Å². The molecule has 3 amide bonds. The Morgan fingerprint density at radius 3 is 2.25 bits per heavy atom. The highest BCUT2D eigenvalue weighted by atomic mass is 35.5. The molecule has 0 radical (unpaired) electrons. The van der Waals surface area contributed by atoms with Crippen LogP contribution >= 0.6 is 23.2 Å². The molecule has 28 heavy (non-hydrogen) atoms. The lowest BCUT2D eigenvalue weighted by molar-refractivity contribution is -0.124. The molecule has 0 aromatic heterocycles. The first-order valence-corrected chi connectivity index (χ1v) is 9.21. The predicted octanol–water partition coefficient (Wildman–Crippen LogP) is 3.57. The van der Waals surface area contributed by atoms with Crippen LogP contribution in [-0.2, 0) is 9.59 Å². The lowest BCUT2D eigenvalue weighted by Gasteiger charge is -2.09. The van der Waals surface area contributed by atoms with Crippen molar-refractivity contribution in [2.24, 2.45) is 0 Å². The summed E-state index contributed by atoms with van der Waals surface area (Å²) in [5.74, 6) is -0.725. The molecule has 0 saturated carbocycles. The van der Waals surface area contributed by atoms with Gasteiger partial charge >= 0.3 is 0 Å². The number of hydrazine groups is 1. The van der Waals surface area contributed by atoms with Crippen molar-refractivity contribution < 1.29 is 19.1 Å². The summed E-state index contributed by atoms with van der Waals surface area (Å²) in [5.41, 5.74) is 5.24. The number of rotatable bonds is 7. The molecule has 7 nitrogen and oxygen atoms in total. The number of hydrogen-bond donors (Lipinski definition) is 3. The van der Waals surface area contributed by atoms with E-state index >= 15 is 0 Å². The monoisotopic (exact) mass is 423 g/mol. The summed E-state index contributed by atoms with van der Waals surface area (Å²) in [5, 5.41) is 3.23. The van der Waals surface area contributed by atoms with Crippen LogP contribution in [0.5, 0.6) is 5.75 Å². The topological polar surface area (TPSA) is 96.5 Å². The Balaban J connectivity index is 1.74. The molecule has 0 atom stereocenters. The van der Waals surface area contributed by atoms with Crippen molar-refractivity contribution in [3.8, 4) is 5.75 Å². The molecule has 0 unspecified atom stereocenters. The highest BCUT2D eigenvalue weighted by Crippen LogP contribution is 2.20. The number of amides is 3. The van der Waals surface area contributed by atoms with E-state index in [0.29, 0.717) is 23.1 Å². The van der Waals surface area contributed by atoms with Crippen molar-refractivity contribution in [3.63, 3.8) is 0 Å². The van der Waals surface area contributed by atoms with E-state index in [2.05, 4.69) is 16.2 Å². The molecular weight excluding hydrogens is 405 g/mol. The van der Waals surface area contributed by atoms with E-state index in [9.17, 15) is 14.4 Å². The second-order valence-electron chi connectivity index (χ2n) is 5.63. The molecule has 0 aliphatic heterocycles. The van der Waals surface area contributed by atoms with Crippen LogP contribution in [0.4, 0.5) is 5.69 Å². The third-order valence-corrected chi connectivity index (χ3v) is 4.07. The van der Waals surface area contributed by atoms with Crippen molar-refractivity contribution in [1.29, 1.82) is 0 Å². The highest BCUT2D eigenvalue weighted by molar-refractivity contribution is 6.36. The number of carbonyl (C=O) groups excluding carboxylic acids is 3. The molecule has 0 heterocycles. The molecule has 2 aromatic rings. The predicted molar refractivity (Wildman–Crippen MR) is 108 cm³/mol. The highest BCUT2D eigenvalue weighted by Gasteiger charge is 2.12. The van der Waals surface area contributed by atoms with E-state index < -0.39 is 11.8 Å². The average Bonchev–Trinajstić information content (AvgIpc) is 2.66. The number of carbonyl (C=O) groups is 3. The van der Waals surface area contributed by atoms with Gasteiger partial charge in [0.05, 0.1) is 17.2 Å². The third-order valence-electron chi connectivity index (χ3n) is 3.52. The molecule has 0 aliphatic rings. The molecule has 9 heteroatoms. The maximum absolute atomic E-state index is 12.0. The molecule has 2 aromatic carbocycles. The molecule has 0 spiro atoms. The second-order valence-corrected chi connectivity index (χ2v) is 6.48. The van der Waals surface area contributed by atoms with Gasteiger partial charge in [0.2, 0.25) is 11.8 Å². The molecule has 0 bridgehead atoms. The SMILES string of the molecule is CCOc1ccc(NC(=O)CCC(=O)NNC(=O)c2ccc(Cl)cc2Cl)cc1. The van der Waals surface area contributed by atoms with Gasteiger partial charge in [-0.15, -0.1) is 0 Å². The molecule has 3 N–H and O–H groups in total. The Bertz CT molecular complexity index is 857. The Labute approximate surface area is 172 Å². The van der Waals surface area contributed by atoms with Gasteiger partial charge in [-0.05, 0) is 49.4 Å². The van der Waals surface area contributed by atoms with Crippen LogP contribution in [0.2, 0.25) is 10.0 Å². The number of anilines is 1. The summed E-state index contributed by atoms with van der Waals surface area (Å²) < 4.78 is 5.32. The Kier molecular flexibility index (Phi) is 8.10. The summed E-state index contributed by atoms with van der Waals surface area (Å²) >= 11 is 11.7. The van der Waals surface area contributed by atoms with Crippen LogP contribution in [0.1, 0.15) is 30.1 Å². The fourth-order valence-electron chi connectivity index (χ4n) is 2.18. The van der Waals surface area contributed by atoms with Gasteiger partial charge in [0, 0.05) is 23.6 Å². The molecular formula is C19H19Cl2N3O4. The van der Waals surface area contributed by atoms with E-state index in [0.717, 1.165) is 0 Å². The second kappa shape index (κ2) is 10.5. The van der Waals surface area contributed by atoms with Crippen molar-refractivity contribution in [1.82, 2.24) is 10.9 Å². The van der Waals surface area contributed by atoms with Crippen LogP contribution < -0.4 is 20.9 Å². The maximum atomic E-state index is 12.0. The summed E-state index contributed by atoms with van der Waals surface area (Å²) in [6.07, 6.45) is -0.145. The first kappa shape index (κ1) is 21.5. The van der Waals surface area contributed by atoms with Gasteiger partial charge in [-0.2, -0.15) is 0 Å². The van der Waals surface area contributed by atoms with E-state index in [4.69, 9.17) is 27.9 Å². The van der Waals surface area contributed by atoms with Crippen LogP contribution in [0.3, 0.4) is 0 Å². The largest absolute Gasteiger partial charge is 0.494 e. The molecule has 0 aliphatic carbocycles. The Morgan fingerprint density at radius 2 is 1.61 bits per heavy atom. The fourth-order valence-corrected chi connectivity index (χ4v) is 2.68. The zero-order valence-corrected chi connectivity index (χ0v) is 16.6. The minimum Gasteiger partial charge on any atom is -0.494 e. The van der Waals surface area contributed by atoms with Gasteiger partial charge in [-0.3, -0.25) is 25.2 Å². The van der Waals surface area contributed by atoms with E-state index in [1.54, 1.807) is 24.3 Å². The summed E-state index contributed by atoms with van der Waals surface area (Å²) in [6.45, 7) is 2.44.